The SMILES string of the molecule is CCCCCC/C=C/SOC(F)(F)F. The van der Waals surface area contributed by atoms with E-state index in [1.165, 1.54) is 11.8 Å². The number of halogens is 3. The minimum absolute atomic E-state index is 0.318. The summed E-state index contributed by atoms with van der Waals surface area (Å²) in [7, 11) is 0. The summed E-state index contributed by atoms with van der Waals surface area (Å²) in [6.45, 7) is 2.11. The third kappa shape index (κ3) is 11.8. The van der Waals surface area contributed by atoms with E-state index in [1.807, 2.05) is 0 Å². The lowest BCUT2D eigenvalue weighted by Crippen LogP contribution is -2.06. The molecule has 0 bridgehead atoms. The average molecular weight is 228 g/mol. The molecule has 0 amide bonds. The van der Waals surface area contributed by atoms with Crippen LogP contribution < -0.4 is 0 Å². The first-order valence-corrected chi connectivity index (χ1v) is 5.43. The monoisotopic (exact) mass is 228 g/mol. The fourth-order valence-corrected chi connectivity index (χ4v) is 1.26. The van der Waals surface area contributed by atoms with Crippen LogP contribution in [0, 0.1) is 0 Å². The molecule has 0 aromatic heterocycles. The first kappa shape index (κ1) is 13.8. The number of rotatable bonds is 7. The zero-order valence-electron chi connectivity index (χ0n) is 8.14. The van der Waals surface area contributed by atoms with Gasteiger partial charge in [-0.25, -0.2) is 4.18 Å². The van der Waals surface area contributed by atoms with Gasteiger partial charge in [-0.3, -0.25) is 0 Å². The molecule has 0 saturated carbocycles. The van der Waals surface area contributed by atoms with E-state index in [0.717, 1.165) is 25.7 Å². The van der Waals surface area contributed by atoms with Crippen molar-refractivity contribution in [3.8, 4) is 0 Å². The Balaban J connectivity index is 3.20. The fraction of sp³-hybridized carbons (Fsp3) is 0.778. The second kappa shape index (κ2) is 8.17. The van der Waals surface area contributed by atoms with E-state index >= 15 is 0 Å². The van der Waals surface area contributed by atoms with E-state index in [2.05, 4.69) is 11.1 Å². The molecule has 5 heteroatoms. The molecule has 0 radical (unpaired) electrons. The van der Waals surface area contributed by atoms with Gasteiger partial charge in [0.05, 0.1) is 0 Å². The zero-order valence-corrected chi connectivity index (χ0v) is 8.96. The molecule has 0 saturated heterocycles. The van der Waals surface area contributed by atoms with Crippen molar-refractivity contribution in [3.05, 3.63) is 11.5 Å². The molecule has 0 rings (SSSR count). The highest BCUT2D eigenvalue weighted by atomic mass is 32.2. The molecule has 0 aromatic rings. The van der Waals surface area contributed by atoms with Gasteiger partial charge in [-0.15, -0.1) is 13.2 Å². The van der Waals surface area contributed by atoms with Gasteiger partial charge >= 0.3 is 6.36 Å². The first-order valence-electron chi connectivity index (χ1n) is 4.62. The lowest BCUT2D eigenvalue weighted by Gasteiger charge is -2.01. The van der Waals surface area contributed by atoms with Crippen molar-refractivity contribution in [1.29, 1.82) is 0 Å². The highest BCUT2D eigenvalue weighted by Crippen LogP contribution is 2.23. The van der Waals surface area contributed by atoms with Gasteiger partial charge in [0.15, 0.2) is 0 Å². The van der Waals surface area contributed by atoms with E-state index in [0.29, 0.717) is 12.0 Å². The van der Waals surface area contributed by atoms with Gasteiger partial charge in [-0.05, 0) is 18.2 Å². The van der Waals surface area contributed by atoms with Gasteiger partial charge in [0, 0.05) is 12.0 Å². The van der Waals surface area contributed by atoms with Gasteiger partial charge in [0.2, 0.25) is 0 Å². The maximum Gasteiger partial charge on any atom is 0.533 e. The van der Waals surface area contributed by atoms with Gasteiger partial charge < -0.3 is 0 Å². The molecule has 84 valence electrons. The Kier molecular flexibility index (Phi) is 8.08. The van der Waals surface area contributed by atoms with E-state index in [1.54, 1.807) is 6.08 Å². The summed E-state index contributed by atoms with van der Waals surface area (Å²) in [6, 6.07) is 0. The predicted molar refractivity (Wildman–Crippen MR) is 52.6 cm³/mol. The number of unbranched alkanes of at least 4 members (excludes halogenated alkanes) is 4. The second-order valence-corrected chi connectivity index (χ2v) is 3.48. The fourth-order valence-electron chi connectivity index (χ4n) is 0.879. The molecule has 0 aliphatic carbocycles. The van der Waals surface area contributed by atoms with Crippen LogP contribution in [0.5, 0.6) is 0 Å². The molecular weight excluding hydrogens is 213 g/mol. The summed E-state index contributed by atoms with van der Waals surface area (Å²) >= 11 is 0.318. The molecule has 0 N–H and O–H groups in total. The highest BCUT2D eigenvalue weighted by molar-refractivity contribution is 7.97. The van der Waals surface area contributed by atoms with Gasteiger partial charge in [0.1, 0.15) is 0 Å². The molecule has 0 aliphatic heterocycles. The smallest absolute Gasteiger partial charge is 0.216 e. The number of allylic oxidation sites excluding steroid dienone is 1. The van der Waals surface area contributed by atoms with E-state index in [-0.39, 0.29) is 0 Å². The van der Waals surface area contributed by atoms with Crippen molar-refractivity contribution in [1.82, 2.24) is 0 Å². The summed E-state index contributed by atoms with van der Waals surface area (Å²) in [5, 5.41) is 1.33. The van der Waals surface area contributed by atoms with Crippen LogP contribution in [-0.2, 0) is 4.18 Å². The average Bonchev–Trinajstić information content (AvgIpc) is 2.08. The molecule has 0 unspecified atom stereocenters. The van der Waals surface area contributed by atoms with Crippen molar-refractivity contribution in [3.63, 3.8) is 0 Å². The van der Waals surface area contributed by atoms with Crippen LogP contribution in [0.25, 0.3) is 0 Å². The minimum Gasteiger partial charge on any atom is -0.216 e. The lowest BCUT2D eigenvalue weighted by atomic mass is 10.2. The van der Waals surface area contributed by atoms with Crippen LogP contribution in [0.4, 0.5) is 13.2 Å². The molecular formula is C9H15F3OS. The van der Waals surface area contributed by atoms with Crippen LogP contribution in [0.3, 0.4) is 0 Å². The van der Waals surface area contributed by atoms with Crippen molar-refractivity contribution in [2.75, 3.05) is 0 Å². The van der Waals surface area contributed by atoms with Crippen molar-refractivity contribution in [2.45, 2.75) is 45.4 Å². The van der Waals surface area contributed by atoms with Crippen LogP contribution in [-0.4, -0.2) is 6.36 Å². The largest absolute Gasteiger partial charge is 0.533 e. The summed E-state index contributed by atoms with van der Waals surface area (Å²) in [5.41, 5.74) is 0. The summed E-state index contributed by atoms with van der Waals surface area (Å²) < 4.78 is 37.9. The Morgan fingerprint density at radius 2 is 1.93 bits per heavy atom. The molecule has 0 spiro atoms. The van der Waals surface area contributed by atoms with Crippen LogP contribution in [0.15, 0.2) is 11.5 Å². The van der Waals surface area contributed by atoms with E-state index in [4.69, 9.17) is 0 Å². The number of hydrogen-bond donors (Lipinski definition) is 0. The quantitative estimate of drug-likeness (QED) is 0.463. The first-order chi connectivity index (χ1) is 6.56. The van der Waals surface area contributed by atoms with Gasteiger partial charge in [0.25, 0.3) is 0 Å². The zero-order chi connectivity index (χ0) is 10.9. The van der Waals surface area contributed by atoms with Gasteiger partial charge in [-0.2, -0.15) is 0 Å². The summed E-state index contributed by atoms with van der Waals surface area (Å²) in [6.07, 6.45) is 2.47. The molecule has 0 aromatic carbocycles. The maximum atomic E-state index is 11.5. The lowest BCUT2D eigenvalue weighted by molar-refractivity contribution is -0.266. The molecule has 14 heavy (non-hydrogen) atoms. The van der Waals surface area contributed by atoms with Crippen LogP contribution >= 0.6 is 12.0 Å². The highest BCUT2D eigenvalue weighted by Gasteiger charge is 2.29. The third-order valence-electron chi connectivity index (χ3n) is 1.52. The topological polar surface area (TPSA) is 9.23 Å². The third-order valence-corrected chi connectivity index (χ3v) is 2.11. The molecule has 0 atom stereocenters. The van der Waals surface area contributed by atoms with E-state index < -0.39 is 6.36 Å². The van der Waals surface area contributed by atoms with Gasteiger partial charge in [-0.1, -0.05) is 32.3 Å². The van der Waals surface area contributed by atoms with Crippen molar-refractivity contribution >= 4 is 12.0 Å². The van der Waals surface area contributed by atoms with Crippen LogP contribution in [0.2, 0.25) is 0 Å². The molecule has 1 nitrogen and oxygen atoms in total. The van der Waals surface area contributed by atoms with Crippen molar-refractivity contribution in [2.24, 2.45) is 0 Å². The Bertz CT molecular complexity index is 157. The second-order valence-electron chi connectivity index (χ2n) is 2.85. The van der Waals surface area contributed by atoms with Crippen LogP contribution in [0.1, 0.15) is 39.0 Å². The summed E-state index contributed by atoms with van der Waals surface area (Å²) in [5.74, 6) is 0. The molecule has 0 fully saturated rings. The normalized spacial score (nSPS) is 12.6. The van der Waals surface area contributed by atoms with Crippen molar-refractivity contribution < 1.29 is 17.4 Å². The Labute approximate surface area is 86.9 Å². The Morgan fingerprint density at radius 1 is 1.21 bits per heavy atom. The predicted octanol–water partition coefficient (Wildman–Crippen LogP) is 4.66. The standard InChI is InChI=1S/C9H15F3OS/c1-2-3-4-5-6-7-8-14-13-9(10,11)12/h7-8H,2-6H2,1H3/b8-7+. The molecule has 0 aliphatic rings. The number of hydrogen-bond acceptors (Lipinski definition) is 2. The van der Waals surface area contributed by atoms with E-state index in [9.17, 15) is 13.2 Å². The summed E-state index contributed by atoms with van der Waals surface area (Å²) in [4.78, 5) is 0. The molecule has 0 heterocycles. The number of alkyl halides is 3. The Hall–Kier alpha value is -0.160. The Morgan fingerprint density at radius 3 is 2.50 bits per heavy atom. The maximum absolute atomic E-state index is 11.5. The minimum atomic E-state index is -4.54.